The SMILES string of the molecule is COC(COCC(F)(F)C(F)(F)C(F)(F)C(F)(F)C(F)(F)C(F)F)COCC(F)(F)C(F)(F)C(F)(F)C(F)(F)C(F)(F)C(F)F. The molecule has 0 aliphatic rings. The fraction of sp³-hybridized carbons (Fsp3) is 1.00. The third-order valence-corrected chi connectivity index (χ3v) is 5.39. The van der Waals surface area contributed by atoms with Gasteiger partial charge in [-0.1, -0.05) is 0 Å². The minimum atomic E-state index is -7.95. The molecule has 27 heteroatoms. The largest absolute Gasteiger partial charge is 0.384 e. The average molecular weight is 734 g/mol. The van der Waals surface area contributed by atoms with E-state index in [1.807, 2.05) is 0 Å². The Hall–Kier alpha value is -1.80. The Balaban J connectivity index is 5.65. The van der Waals surface area contributed by atoms with E-state index in [4.69, 9.17) is 0 Å². The molecule has 0 atom stereocenters. The highest BCUT2D eigenvalue weighted by Gasteiger charge is 2.89. The van der Waals surface area contributed by atoms with Crippen molar-refractivity contribution in [3.8, 4) is 0 Å². The zero-order valence-corrected chi connectivity index (χ0v) is 20.9. The molecule has 272 valence electrons. The smallest absolute Gasteiger partial charge is 0.377 e. The molecule has 0 aliphatic heterocycles. The maximum atomic E-state index is 13.6. The monoisotopic (exact) mass is 734 g/mol. The van der Waals surface area contributed by atoms with Crippen molar-refractivity contribution in [3.05, 3.63) is 0 Å². The normalized spacial score (nSPS) is 16.0. The van der Waals surface area contributed by atoms with E-state index in [-0.39, 0.29) is 0 Å². The van der Waals surface area contributed by atoms with Gasteiger partial charge < -0.3 is 14.2 Å². The standard InChI is InChI=1S/C18H14F24O3/c1-43-6(2-44-4-9(23,24)13(31,32)17(39,40)15(35,36)11(27,28)7(19)20)3-45-5-10(25,26)14(33,34)18(41,42)16(37,38)12(29,30)8(21)22/h6-8H,2-5H2,1H3. The zero-order valence-electron chi connectivity index (χ0n) is 20.9. The molecule has 0 aromatic heterocycles. The molecular weight excluding hydrogens is 720 g/mol. The predicted octanol–water partition coefficient (Wildman–Crippen LogP) is 7.92. The van der Waals surface area contributed by atoms with Crippen molar-refractivity contribution in [1.82, 2.24) is 0 Å². The number of halogens is 24. The van der Waals surface area contributed by atoms with Gasteiger partial charge in [-0.2, -0.15) is 87.8 Å². The first-order valence-corrected chi connectivity index (χ1v) is 10.6. The molecule has 0 unspecified atom stereocenters. The highest BCUT2D eigenvalue weighted by Crippen LogP contribution is 2.59. The fourth-order valence-electron chi connectivity index (χ4n) is 2.55. The summed E-state index contributed by atoms with van der Waals surface area (Å²) < 4.78 is 326. The number of ether oxygens (including phenoxy) is 3. The summed E-state index contributed by atoms with van der Waals surface area (Å²) in [6.45, 7) is -10.2. The molecule has 0 aliphatic carbocycles. The molecule has 0 radical (unpaired) electrons. The lowest BCUT2D eigenvalue weighted by Crippen LogP contribution is -2.69. The second-order valence-electron chi connectivity index (χ2n) is 8.59. The van der Waals surface area contributed by atoms with Gasteiger partial charge in [0.1, 0.15) is 19.3 Å². The molecule has 0 aromatic rings. The molecule has 3 nitrogen and oxygen atoms in total. The molecule has 0 fully saturated rings. The van der Waals surface area contributed by atoms with Crippen LogP contribution in [0.25, 0.3) is 0 Å². The van der Waals surface area contributed by atoms with Gasteiger partial charge in [0.05, 0.1) is 13.2 Å². The summed E-state index contributed by atoms with van der Waals surface area (Å²) in [5.41, 5.74) is 0. The predicted molar refractivity (Wildman–Crippen MR) is 93.9 cm³/mol. The molecule has 0 saturated carbocycles. The van der Waals surface area contributed by atoms with E-state index in [0.717, 1.165) is 0 Å². The Labute approximate surface area is 232 Å². The van der Waals surface area contributed by atoms with E-state index in [1.165, 1.54) is 0 Å². The lowest BCUT2D eigenvalue weighted by atomic mass is 9.94. The van der Waals surface area contributed by atoms with Gasteiger partial charge in [-0.15, -0.1) is 0 Å². The summed E-state index contributed by atoms with van der Waals surface area (Å²) in [6, 6.07) is 0. The summed E-state index contributed by atoms with van der Waals surface area (Å²) in [5.74, 6) is -74.9. The van der Waals surface area contributed by atoms with Crippen LogP contribution < -0.4 is 0 Å². The fourth-order valence-corrected chi connectivity index (χ4v) is 2.55. The second-order valence-corrected chi connectivity index (χ2v) is 8.59. The van der Waals surface area contributed by atoms with Crippen molar-refractivity contribution in [2.75, 3.05) is 33.5 Å². The van der Waals surface area contributed by atoms with Gasteiger partial charge in [0.2, 0.25) is 0 Å². The lowest BCUT2D eigenvalue weighted by molar-refractivity contribution is -0.416. The van der Waals surface area contributed by atoms with Crippen molar-refractivity contribution in [2.45, 2.75) is 78.2 Å². The van der Waals surface area contributed by atoms with Crippen molar-refractivity contribution < 1.29 is 120 Å². The third-order valence-electron chi connectivity index (χ3n) is 5.39. The summed E-state index contributed by atoms with van der Waals surface area (Å²) in [6.07, 6.45) is -14.0. The summed E-state index contributed by atoms with van der Waals surface area (Å²) in [7, 11) is 0.360. The van der Waals surface area contributed by atoms with Crippen LogP contribution in [0.3, 0.4) is 0 Å². The molecule has 0 rings (SSSR count). The quantitative estimate of drug-likeness (QED) is 0.126. The molecular formula is C18H14F24O3. The first kappa shape index (κ1) is 43.2. The van der Waals surface area contributed by atoms with Crippen molar-refractivity contribution in [2.24, 2.45) is 0 Å². The van der Waals surface area contributed by atoms with E-state index in [2.05, 4.69) is 14.2 Å². The Kier molecular flexibility index (Phi) is 12.5. The molecule has 0 N–H and O–H groups in total. The maximum absolute atomic E-state index is 13.6. The molecule has 45 heavy (non-hydrogen) atoms. The summed E-state index contributed by atoms with van der Waals surface area (Å²) in [5, 5.41) is 0. The van der Waals surface area contributed by atoms with E-state index < -0.39 is 105 Å². The first-order valence-electron chi connectivity index (χ1n) is 10.6. The van der Waals surface area contributed by atoms with E-state index in [9.17, 15) is 105 Å². The highest BCUT2D eigenvalue weighted by molar-refractivity contribution is 5.10. The Morgan fingerprint density at radius 1 is 0.400 bits per heavy atom. The first-order chi connectivity index (χ1) is 19.5. The van der Waals surface area contributed by atoms with Crippen LogP contribution >= 0.6 is 0 Å². The third kappa shape index (κ3) is 7.07. The summed E-state index contributed by atoms with van der Waals surface area (Å²) in [4.78, 5) is 0. The average Bonchev–Trinajstić information content (AvgIpc) is 2.86. The van der Waals surface area contributed by atoms with E-state index in [0.29, 0.717) is 7.11 Å². The number of rotatable bonds is 19. The van der Waals surface area contributed by atoms with Gasteiger partial charge in [0.25, 0.3) is 0 Å². The second kappa shape index (κ2) is 13.0. The van der Waals surface area contributed by atoms with Gasteiger partial charge in [-0.25, -0.2) is 17.6 Å². The minimum Gasteiger partial charge on any atom is -0.377 e. The van der Waals surface area contributed by atoms with Crippen LogP contribution in [0.1, 0.15) is 0 Å². The number of hydrogen-bond acceptors (Lipinski definition) is 3. The van der Waals surface area contributed by atoms with Crippen LogP contribution in [0.15, 0.2) is 0 Å². The minimum absolute atomic E-state index is 0.360. The van der Waals surface area contributed by atoms with Crippen molar-refractivity contribution in [3.63, 3.8) is 0 Å². The Morgan fingerprint density at radius 2 is 0.644 bits per heavy atom. The molecule has 0 spiro atoms. The van der Waals surface area contributed by atoms with Crippen LogP contribution in [-0.4, -0.2) is 112 Å². The zero-order chi connectivity index (χ0) is 36.7. The van der Waals surface area contributed by atoms with E-state index in [1.54, 1.807) is 0 Å². The molecule has 0 amide bonds. The van der Waals surface area contributed by atoms with Crippen LogP contribution in [-0.2, 0) is 14.2 Å². The van der Waals surface area contributed by atoms with Gasteiger partial charge >= 0.3 is 72.1 Å². The van der Waals surface area contributed by atoms with Crippen LogP contribution in [0.2, 0.25) is 0 Å². The summed E-state index contributed by atoms with van der Waals surface area (Å²) >= 11 is 0. The van der Waals surface area contributed by atoms with Gasteiger partial charge in [0, 0.05) is 7.11 Å². The van der Waals surface area contributed by atoms with Gasteiger partial charge in [-0.05, 0) is 0 Å². The van der Waals surface area contributed by atoms with Crippen LogP contribution in [0.4, 0.5) is 105 Å². The van der Waals surface area contributed by atoms with Crippen molar-refractivity contribution >= 4 is 0 Å². The van der Waals surface area contributed by atoms with Gasteiger partial charge in [-0.3, -0.25) is 0 Å². The molecule has 0 bridgehead atoms. The van der Waals surface area contributed by atoms with Crippen molar-refractivity contribution in [1.29, 1.82) is 0 Å². The molecule has 0 aromatic carbocycles. The highest BCUT2D eigenvalue weighted by atomic mass is 19.4. The molecule has 0 heterocycles. The van der Waals surface area contributed by atoms with Crippen LogP contribution in [0, 0.1) is 0 Å². The molecule has 0 saturated heterocycles. The Morgan fingerprint density at radius 3 is 0.844 bits per heavy atom. The lowest BCUT2D eigenvalue weighted by Gasteiger charge is -2.39. The van der Waals surface area contributed by atoms with E-state index >= 15 is 0 Å². The number of hydrogen-bond donors (Lipinski definition) is 0. The number of methoxy groups -OCH3 is 1. The number of alkyl halides is 24. The Bertz CT molecular complexity index is 889. The maximum Gasteiger partial charge on any atom is 0.384 e. The van der Waals surface area contributed by atoms with Crippen LogP contribution in [0.5, 0.6) is 0 Å². The topological polar surface area (TPSA) is 27.7 Å². The van der Waals surface area contributed by atoms with Gasteiger partial charge in [0.15, 0.2) is 0 Å².